The summed E-state index contributed by atoms with van der Waals surface area (Å²) in [5, 5.41) is 3.19. The lowest BCUT2D eigenvalue weighted by Gasteiger charge is -2.23. The third kappa shape index (κ3) is 3.61. The average Bonchev–Trinajstić information content (AvgIpc) is 2.34. The van der Waals surface area contributed by atoms with Crippen LogP contribution in [0.25, 0.3) is 0 Å². The Balaban J connectivity index is 2.42. The quantitative estimate of drug-likeness (QED) is 0.513. The van der Waals surface area contributed by atoms with E-state index in [0.29, 0.717) is 6.42 Å². The predicted molar refractivity (Wildman–Crippen MR) is 59.7 cm³/mol. The number of carbonyl (C=O) groups is 3. The molecule has 0 saturated heterocycles. The topological polar surface area (TPSA) is 63.2 Å². The molecule has 1 N–H and O–H groups in total. The molecule has 0 heterocycles. The number of rotatable bonds is 7. The summed E-state index contributed by atoms with van der Waals surface area (Å²) in [6.45, 7) is 0.738. The van der Waals surface area contributed by atoms with Gasteiger partial charge in [0, 0.05) is 30.5 Å². The van der Waals surface area contributed by atoms with Crippen molar-refractivity contribution in [2.45, 2.75) is 25.7 Å². The van der Waals surface area contributed by atoms with Gasteiger partial charge in [-0.15, -0.1) is 0 Å². The Hall–Kier alpha value is -1.45. The first kappa shape index (κ1) is 12.6. The lowest BCUT2D eigenvalue weighted by molar-refractivity contribution is -0.118. The summed E-state index contributed by atoms with van der Waals surface area (Å²) in [5.41, 5.74) is 1.01. The number of unbranched alkanes of at least 4 members (excludes halogenated alkanes) is 1. The molecule has 4 nitrogen and oxygen atoms in total. The van der Waals surface area contributed by atoms with Crippen molar-refractivity contribution >= 4 is 18.9 Å². The van der Waals surface area contributed by atoms with Crippen LogP contribution in [0.5, 0.6) is 0 Å². The Labute approximate surface area is 95.1 Å². The molecule has 0 fully saturated rings. The smallest absolute Gasteiger partial charge is 0.127 e. The Bertz CT molecular complexity index is 286. The predicted octanol–water partition coefficient (Wildman–Crippen LogP) is 0.863. The second-order valence-corrected chi connectivity index (χ2v) is 3.98. The molecule has 0 amide bonds. The second-order valence-electron chi connectivity index (χ2n) is 3.98. The van der Waals surface area contributed by atoms with E-state index in [4.69, 9.17) is 0 Å². The normalized spacial score (nSPS) is 24.4. The van der Waals surface area contributed by atoms with E-state index in [1.165, 1.54) is 0 Å². The number of allylic oxidation sites excluding steroid dienone is 2. The van der Waals surface area contributed by atoms with Crippen LogP contribution in [0.4, 0.5) is 0 Å². The van der Waals surface area contributed by atoms with E-state index in [0.717, 1.165) is 50.4 Å². The Morgan fingerprint density at radius 1 is 1.31 bits per heavy atom. The summed E-state index contributed by atoms with van der Waals surface area (Å²) in [5.74, 6) is -0.460. The van der Waals surface area contributed by atoms with Crippen LogP contribution in [0.3, 0.4) is 0 Å². The van der Waals surface area contributed by atoms with Gasteiger partial charge in [0.05, 0.1) is 0 Å². The molecule has 0 aromatic rings. The van der Waals surface area contributed by atoms with Crippen molar-refractivity contribution in [1.29, 1.82) is 0 Å². The van der Waals surface area contributed by atoms with Crippen molar-refractivity contribution in [3.8, 4) is 0 Å². The highest BCUT2D eigenvalue weighted by Gasteiger charge is 2.23. The number of carbonyl (C=O) groups excluding carboxylic acids is 3. The minimum Gasteiger partial charge on any atom is -0.389 e. The molecule has 16 heavy (non-hydrogen) atoms. The molecule has 4 heteroatoms. The molecule has 1 aliphatic rings. The number of aldehydes is 3. The molecular weight excluding hydrogens is 206 g/mol. The van der Waals surface area contributed by atoms with Gasteiger partial charge in [-0.25, -0.2) is 0 Å². The van der Waals surface area contributed by atoms with Crippen molar-refractivity contribution in [3.05, 3.63) is 11.8 Å². The summed E-state index contributed by atoms with van der Waals surface area (Å²) < 4.78 is 0. The van der Waals surface area contributed by atoms with Gasteiger partial charge in [0.25, 0.3) is 0 Å². The minimum absolute atomic E-state index is 0.168. The highest BCUT2D eigenvalue weighted by molar-refractivity contribution is 5.67. The van der Waals surface area contributed by atoms with Crippen LogP contribution in [0.15, 0.2) is 11.8 Å². The van der Waals surface area contributed by atoms with Crippen molar-refractivity contribution in [3.63, 3.8) is 0 Å². The molecule has 88 valence electrons. The van der Waals surface area contributed by atoms with E-state index in [1.807, 2.05) is 6.08 Å². The van der Waals surface area contributed by atoms with Gasteiger partial charge < -0.3 is 19.7 Å². The largest absolute Gasteiger partial charge is 0.389 e. The molecule has 2 unspecified atom stereocenters. The monoisotopic (exact) mass is 223 g/mol. The Kier molecular flexibility index (Phi) is 5.46. The molecule has 1 rings (SSSR count). The van der Waals surface area contributed by atoms with Gasteiger partial charge in [-0.05, 0) is 19.3 Å². The molecule has 2 atom stereocenters. The highest BCUT2D eigenvalue weighted by Crippen LogP contribution is 2.24. The first-order chi connectivity index (χ1) is 7.81. The van der Waals surface area contributed by atoms with Crippen molar-refractivity contribution in [2.75, 3.05) is 6.54 Å². The lowest BCUT2D eigenvalue weighted by atomic mass is 9.84. The zero-order valence-corrected chi connectivity index (χ0v) is 9.22. The lowest BCUT2D eigenvalue weighted by Crippen LogP contribution is -2.25. The van der Waals surface area contributed by atoms with Crippen LogP contribution in [0, 0.1) is 11.8 Å². The van der Waals surface area contributed by atoms with Crippen LogP contribution in [-0.4, -0.2) is 25.4 Å². The zero-order chi connectivity index (χ0) is 11.8. The van der Waals surface area contributed by atoms with E-state index in [-0.39, 0.29) is 11.8 Å². The maximum Gasteiger partial charge on any atom is 0.127 e. The van der Waals surface area contributed by atoms with Gasteiger partial charge in [-0.2, -0.15) is 0 Å². The van der Waals surface area contributed by atoms with E-state index >= 15 is 0 Å². The fourth-order valence-corrected chi connectivity index (χ4v) is 1.83. The molecule has 0 spiro atoms. The van der Waals surface area contributed by atoms with Gasteiger partial charge in [0.1, 0.15) is 18.9 Å². The maximum atomic E-state index is 10.8. The zero-order valence-electron chi connectivity index (χ0n) is 9.22. The summed E-state index contributed by atoms with van der Waals surface area (Å²) in [6, 6.07) is 0. The van der Waals surface area contributed by atoms with Crippen LogP contribution >= 0.6 is 0 Å². The summed E-state index contributed by atoms with van der Waals surface area (Å²) >= 11 is 0. The van der Waals surface area contributed by atoms with Gasteiger partial charge in [-0.1, -0.05) is 6.08 Å². The van der Waals surface area contributed by atoms with Gasteiger partial charge in [0.15, 0.2) is 0 Å². The third-order valence-electron chi connectivity index (χ3n) is 2.82. The van der Waals surface area contributed by atoms with Crippen LogP contribution in [0.2, 0.25) is 0 Å². The molecular formula is C12H17NO3. The molecule has 1 aliphatic carbocycles. The SMILES string of the molecule is O=CCCCNC1=CC(C=O)C(C=O)CC1. The summed E-state index contributed by atoms with van der Waals surface area (Å²) in [4.78, 5) is 31.6. The highest BCUT2D eigenvalue weighted by atomic mass is 16.1. The molecule has 0 bridgehead atoms. The minimum atomic E-state index is -0.292. The molecule has 0 aromatic heterocycles. The van der Waals surface area contributed by atoms with Gasteiger partial charge in [-0.3, -0.25) is 0 Å². The average molecular weight is 223 g/mol. The molecule has 0 saturated carbocycles. The van der Waals surface area contributed by atoms with Crippen molar-refractivity contribution in [2.24, 2.45) is 11.8 Å². The number of hydrogen-bond donors (Lipinski definition) is 1. The summed E-state index contributed by atoms with van der Waals surface area (Å²) in [6.07, 6.45) is 7.28. The van der Waals surface area contributed by atoms with Gasteiger partial charge in [0.2, 0.25) is 0 Å². The standard InChI is InChI=1S/C12H17NO3/c14-6-2-1-5-13-12-4-3-10(8-15)11(7-12)9-16/h6-11,13H,1-5H2. The van der Waals surface area contributed by atoms with Crippen molar-refractivity contribution in [1.82, 2.24) is 5.32 Å². The summed E-state index contributed by atoms with van der Waals surface area (Å²) in [7, 11) is 0. The first-order valence-electron chi connectivity index (χ1n) is 5.60. The number of nitrogens with one attached hydrogen (secondary N) is 1. The van der Waals surface area contributed by atoms with E-state index in [2.05, 4.69) is 5.32 Å². The number of hydrogen-bond acceptors (Lipinski definition) is 4. The van der Waals surface area contributed by atoms with Gasteiger partial charge >= 0.3 is 0 Å². The third-order valence-corrected chi connectivity index (χ3v) is 2.82. The van der Waals surface area contributed by atoms with Crippen LogP contribution in [0.1, 0.15) is 25.7 Å². The fraction of sp³-hybridized carbons (Fsp3) is 0.583. The maximum absolute atomic E-state index is 10.8. The first-order valence-corrected chi connectivity index (χ1v) is 5.60. The Morgan fingerprint density at radius 3 is 2.75 bits per heavy atom. The molecule has 0 aromatic carbocycles. The molecule has 0 aliphatic heterocycles. The van der Waals surface area contributed by atoms with E-state index in [1.54, 1.807) is 0 Å². The van der Waals surface area contributed by atoms with E-state index in [9.17, 15) is 14.4 Å². The van der Waals surface area contributed by atoms with Crippen molar-refractivity contribution < 1.29 is 14.4 Å². The fourth-order valence-electron chi connectivity index (χ4n) is 1.83. The van der Waals surface area contributed by atoms with E-state index < -0.39 is 0 Å². The van der Waals surface area contributed by atoms with Crippen LogP contribution in [-0.2, 0) is 14.4 Å². The van der Waals surface area contributed by atoms with Crippen LogP contribution < -0.4 is 5.32 Å². The molecule has 0 radical (unpaired) electrons. The Morgan fingerprint density at radius 2 is 2.12 bits per heavy atom. The second kappa shape index (κ2) is 6.93.